The average molecular weight is 140 g/mol. The molecule has 0 aliphatic heterocycles. The smallest absolute Gasteiger partial charge is 0.424 e. The predicted molar refractivity (Wildman–Crippen MR) is 41.3 cm³/mol. The highest BCUT2D eigenvalue weighted by Crippen LogP contribution is 2.50. The zero-order valence-electron chi connectivity index (χ0n) is 6.46. The molecule has 0 aromatic rings. The minimum Gasteiger partial charge on any atom is -0.424 e. The Bertz CT molecular complexity index is 159. The molecule has 56 valence electrons. The van der Waals surface area contributed by atoms with Gasteiger partial charge < -0.3 is 10.0 Å². The van der Waals surface area contributed by atoms with Crippen LogP contribution in [0.3, 0.4) is 0 Å². The van der Waals surface area contributed by atoms with Crippen LogP contribution < -0.4 is 0 Å². The number of rotatable bonds is 2. The number of hydrogen-bond acceptors (Lipinski definition) is 2. The van der Waals surface area contributed by atoms with Crippen LogP contribution in [0.1, 0.15) is 26.7 Å². The summed E-state index contributed by atoms with van der Waals surface area (Å²) in [6.45, 7) is 4.09. The van der Waals surface area contributed by atoms with Crippen LogP contribution >= 0.6 is 0 Å². The van der Waals surface area contributed by atoms with Gasteiger partial charge in [0.1, 0.15) is 0 Å². The van der Waals surface area contributed by atoms with Crippen molar-refractivity contribution in [3.63, 3.8) is 0 Å². The maximum Gasteiger partial charge on any atom is 0.480 e. The van der Waals surface area contributed by atoms with Crippen molar-refractivity contribution >= 4 is 7.12 Å². The second-order valence-electron chi connectivity index (χ2n) is 3.32. The van der Waals surface area contributed by atoms with E-state index in [1.165, 1.54) is 18.8 Å². The molecule has 1 aliphatic rings. The zero-order valence-corrected chi connectivity index (χ0v) is 6.46. The Morgan fingerprint density at radius 1 is 1.50 bits per heavy atom. The summed E-state index contributed by atoms with van der Waals surface area (Å²) < 4.78 is 0. The molecule has 0 radical (unpaired) electrons. The van der Waals surface area contributed by atoms with Crippen molar-refractivity contribution in [3.8, 4) is 0 Å². The summed E-state index contributed by atoms with van der Waals surface area (Å²) in [6, 6.07) is 0. The molecule has 0 aromatic carbocycles. The Morgan fingerprint density at radius 2 is 2.00 bits per heavy atom. The van der Waals surface area contributed by atoms with Gasteiger partial charge in [0.25, 0.3) is 0 Å². The standard InChI is InChI=1S/C7H13BO2/c1-6(5-8(9)10)7(2)3-4-7/h5,9-10H,3-4H2,1-2H3/b6-5+. The van der Waals surface area contributed by atoms with Crippen LogP contribution in [0.25, 0.3) is 0 Å². The number of hydrogen-bond donors (Lipinski definition) is 2. The molecular formula is C7H13BO2. The Kier molecular flexibility index (Phi) is 1.88. The van der Waals surface area contributed by atoms with Crippen molar-refractivity contribution in [3.05, 3.63) is 11.5 Å². The first-order chi connectivity index (χ1) is 4.54. The molecule has 1 rings (SSSR count). The first-order valence-corrected chi connectivity index (χ1v) is 3.60. The minimum absolute atomic E-state index is 0.281. The van der Waals surface area contributed by atoms with Crippen LogP contribution in [-0.4, -0.2) is 17.2 Å². The van der Waals surface area contributed by atoms with Crippen LogP contribution in [0, 0.1) is 5.41 Å². The molecule has 0 heterocycles. The van der Waals surface area contributed by atoms with Gasteiger partial charge in [-0.15, -0.1) is 0 Å². The van der Waals surface area contributed by atoms with Gasteiger partial charge in [-0.1, -0.05) is 18.5 Å². The molecule has 0 atom stereocenters. The van der Waals surface area contributed by atoms with Crippen LogP contribution in [0.15, 0.2) is 11.5 Å². The normalized spacial score (nSPS) is 22.6. The second-order valence-corrected chi connectivity index (χ2v) is 3.32. The maximum atomic E-state index is 8.59. The highest BCUT2D eigenvalue weighted by atomic mass is 16.4. The van der Waals surface area contributed by atoms with E-state index >= 15 is 0 Å². The lowest BCUT2D eigenvalue weighted by molar-refractivity contribution is 0.422. The van der Waals surface area contributed by atoms with Crippen molar-refractivity contribution in [2.24, 2.45) is 5.41 Å². The summed E-state index contributed by atoms with van der Waals surface area (Å²) >= 11 is 0. The highest BCUT2D eigenvalue weighted by molar-refractivity contribution is 6.47. The fraction of sp³-hybridized carbons (Fsp3) is 0.714. The summed E-state index contributed by atoms with van der Waals surface area (Å²) in [4.78, 5) is 0. The van der Waals surface area contributed by atoms with Gasteiger partial charge in [0.05, 0.1) is 0 Å². The van der Waals surface area contributed by atoms with E-state index in [9.17, 15) is 0 Å². The third kappa shape index (κ3) is 1.61. The summed E-state index contributed by atoms with van der Waals surface area (Å²) in [5.74, 6) is 1.51. The van der Waals surface area contributed by atoms with E-state index in [0.29, 0.717) is 0 Å². The van der Waals surface area contributed by atoms with Crippen molar-refractivity contribution in [2.45, 2.75) is 26.7 Å². The van der Waals surface area contributed by atoms with E-state index in [4.69, 9.17) is 10.0 Å². The lowest BCUT2D eigenvalue weighted by Crippen LogP contribution is -2.09. The Hall–Kier alpha value is -0.275. The highest BCUT2D eigenvalue weighted by Gasteiger charge is 2.38. The molecule has 0 spiro atoms. The van der Waals surface area contributed by atoms with E-state index in [-0.39, 0.29) is 5.41 Å². The number of allylic oxidation sites excluding steroid dienone is 1. The van der Waals surface area contributed by atoms with Gasteiger partial charge in [0.2, 0.25) is 0 Å². The summed E-state index contributed by atoms with van der Waals surface area (Å²) in [5, 5.41) is 17.2. The quantitative estimate of drug-likeness (QED) is 0.555. The van der Waals surface area contributed by atoms with E-state index < -0.39 is 7.12 Å². The largest absolute Gasteiger partial charge is 0.480 e. The van der Waals surface area contributed by atoms with Crippen LogP contribution in [0.4, 0.5) is 0 Å². The molecule has 1 fully saturated rings. The molecule has 2 nitrogen and oxygen atoms in total. The van der Waals surface area contributed by atoms with E-state index in [1.54, 1.807) is 0 Å². The predicted octanol–water partition coefficient (Wildman–Crippen LogP) is 0.745. The van der Waals surface area contributed by atoms with Gasteiger partial charge in [-0.05, 0) is 25.2 Å². The first-order valence-electron chi connectivity index (χ1n) is 3.60. The van der Waals surface area contributed by atoms with Crippen LogP contribution in [0.5, 0.6) is 0 Å². The van der Waals surface area contributed by atoms with Crippen LogP contribution in [0.2, 0.25) is 0 Å². The van der Waals surface area contributed by atoms with Gasteiger partial charge >= 0.3 is 7.12 Å². The second kappa shape index (κ2) is 2.40. The van der Waals surface area contributed by atoms with Crippen molar-refractivity contribution in [2.75, 3.05) is 0 Å². The summed E-state index contributed by atoms with van der Waals surface area (Å²) in [6.07, 6.45) is 2.37. The fourth-order valence-electron chi connectivity index (χ4n) is 1.01. The SMILES string of the molecule is C/C(=C\B(O)O)C1(C)CC1. The van der Waals surface area contributed by atoms with Gasteiger partial charge in [0.15, 0.2) is 0 Å². The molecule has 1 saturated carbocycles. The summed E-state index contributed by atoms with van der Waals surface area (Å²) in [5.41, 5.74) is 1.38. The van der Waals surface area contributed by atoms with E-state index in [1.807, 2.05) is 6.92 Å². The molecular weight excluding hydrogens is 127 g/mol. The van der Waals surface area contributed by atoms with Gasteiger partial charge in [-0.2, -0.15) is 0 Å². The van der Waals surface area contributed by atoms with Gasteiger partial charge in [0, 0.05) is 0 Å². The zero-order chi connectivity index (χ0) is 7.78. The maximum absolute atomic E-state index is 8.59. The lowest BCUT2D eigenvalue weighted by Gasteiger charge is -2.07. The molecule has 3 heteroatoms. The van der Waals surface area contributed by atoms with E-state index in [2.05, 4.69) is 6.92 Å². The average Bonchev–Trinajstić information content (AvgIpc) is 2.47. The van der Waals surface area contributed by atoms with Gasteiger partial charge in [-0.25, -0.2) is 0 Å². The minimum atomic E-state index is -1.28. The molecule has 0 aromatic heterocycles. The van der Waals surface area contributed by atoms with E-state index in [0.717, 1.165) is 5.57 Å². The Labute approximate surface area is 61.7 Å². The molecule has 0 bridgehead atoms. The monoisotopic (exact) mass is 140 g/mol. The molecule has 1 aliphatic carbocycles. The lowest BCUT2D eigenvalue weighted by atomic mass is 9.84. The molecule has 0 unspecified atom stereocenters. The van der Waals surface area contributed by atoms with Crippen molar-refractivity contribution in [1.82, 2.24) is 0 Å². The molecule has 0 saturated heterocycles. The van der Waals surface area contributed by atoms with Gasteiger partial charge in [-0.3, -0.25) is 0 Å². The molecule has 10 heavy (non-hydrogen) atoms. The van der Waals surface area contributed by atoms with Crippen molar-refractivity contribution in [1.29, 1.82) is 0 Å². The third-order valence-corrected chi connectivity index (χ3v) is 2.35. The Morgan fingerprint density at radius 3 is 2.30 bits per heavy atom. The Balaban J connectivity index is 2.55. The topological polar surface area (TPSA) is 40.5 Å². The fourth-order valence-corrected chi connectivity index (χ4v) is 1.01. The van der Waals surface area contributed by atoms with Crippen LogP contribution in [-0.2, 0) is 0 Å². The molecule has 2 N–H and O–H groups in total. The van der Waals surface area contributed by atoms with Crippen molar-refractivity contribution < 1.29 is 10.0 Å². The summed E-state index contributed by atoms with van der Waals surface area (Å²) in [7, 11) is -1.28. The first kappa shape index (κ1) is 7.83. The molecule has 0 amide bonds. The third-order valence-electron chi connectivity index (χ3n) is 2.35.